The van der Waals surface area contributed by atoms with Crippen molar-refractivity contribution in [2.75, 3.05) is 37.7 Å². The highest BCUT2D eigenvalue weighted by Gasteiger charge is 2.29. The van der Waals surface area contributed by atoms with E-state index in [4.69, 9.17) is 14.7 Å². The number of benzene rings is 1. The number of ether oxygens (including phenoxy) is 1. The lowest BCUT2D eigenvalue weighted by Crippen LogP contribution is -2.49. The van der Waals surface area contributed by atoms with Crippen LogP contribution in [0.25, 0.3) is 11.4 Å². The quantitative estimate of drug-likeness (QED) is 0.858. The standard InChI is InChI=1S/C22H28N4O3/c1-3-29-22(28)26-12-10-25(11-13-26)21-17-14-15(2)8-9-18(17)23-20(24-21)16-6-4-5-7-19(16)27/h4-7,15,27H,3,8-14H2,1-2H3. The summed E-state index contributed by atoms with van der Waals surface area (Å²) in [6.45, 7) is 7.11. The molecule has 1 aromatic carbocycles. The van der Waals surface area contributed by atoms with E-state index in [2.05, 4.69) is 11.8 Å². The van der Waals surface area contributed by atoms with Crippen molar-refractivity contribution in [2.24, 2.45) is 5.92 Å². The van der Waals surface area contributed by atoms with Crippen molar-refractivity contribution in [2.45, 2.75) is 33.1 Å². The van der Waals surface area contributed by atoms with E-state index in [0.29, 0.717) is 50.1 Å². The molecule has 1 amide bonds. The summed E-state index contributed by atoms with van der Waals surface area (Å²) in [6.07, 6.45) is 2.75. The zero-order valence-corrected chi connectivity index (χ0v) is 17.1. The van der Waals surface area contributed by atoms with E-state index in [1.807, 2.05) is 19.1 Å². The average molecular weight is 396 g/mol. The first-order valence-electron chi connectivity index (χ1n) is 10.4. The predicted octanol–water partition coefficient (Wildman–Crippen LogP) is 3.25. The highest BCUT2D eigenvalue weighted by molar-refractivity contribution is 5.69. The molecule has 1 N–H and O–H groups in total. The van der Waals surface area contributed by atoms with Gasteiger partial charge in [0.15, 0.2) is 5.82 Å². The zero-order chi connectivity index (χ0) is 20.4. The Labute approximate surface area is 171 Å². The summed E-state index contributed by atoms with van der Waals surface area (Å²) < 4.78 is 5.13. The number of carbonyl (C=O) groups excluding carboxylic acids is 1. The first-order chi connectivity index (χ1) is 14.1. The van der Waals surface area contributed by atoms with Crippen molar-refractivity contribution in [3.05, 3.63) is 35.5 Å². The van der Waals surface area contributed by atoms with E-state index in [1.165, 1.54) is 5.56 Å². The molecule has 29 heavy (non-hydrogen) atoms. The molecule has 1 atom stereocenters. The molecule has 0 bridgehead atoms. The largest absolute Gasteiger partial charge is 0.507 e. The van der Waals surface area contributed by atoms with Crippen molar-refractivity contribution in [1.29, 1.82) is 0 Å². The third-order valence-electron chi connectivity index (χ3n) is 5.75. The van der Waals surface area contributed by atoms with Gasteiger partial charge in [0.25, 0.3) is 0 Å². The summed E-state index contributed by atoms with van der Waals surface area (Å²) in [5.41, 5.74) is 2.95. The Morgan fingerprint density at radius 3 is 2.69 bits per heavy atom. The lowest BCUT2D eigenvalue weighted by atomic mass is 9.87. The number of nitrogens with zero attached hydrogens (tertiary/aromatic N) is 4. The van der Waals surface area contributed by atoms with Crippen LogP contribution in [0.2, 0.25) is 0 Å². The van der Waals surface area contributed by atoms with Gasteiger partial charge >= 0.3 is 6.09 Å². The molecule has 154 valence electrons. The summed E-state index contributed by atoms with van der Waals surface area (Å²) in [4.78, 5) is 25.7. The Balaban J connectivity index is 1.66. The fourth-order valence-electron chi connectivity index (χ4n) is 4.13. The Bertz CT molecular complexity index is 894. The number of rotatable bonds is 3. The van der Waals surface area contributed by atoms with Crippen molar-refractivity contribution in [3.8, 4) is 17.1 Å². The lowest BCUT2D eigenvalue weighted by Gasteiger charge is -2.37. The molecule has 1 aliphatic heterocycles. The van der Waals surface area contributed by atoms with Crippen LogP contribution in [0.15, 0.2) is 24.3 Å². The van der Waals surface area contributed by atoms with Crippen LogP contribution in [-0.4, -0.2) is 58.9 Å². The molecule has 1 aromatic heterocycles. The first kappa shape index (κ1) is 19.5. The maximum Gasteiger partial charge on any atom is 0.409 e. The third-order valence-corrected chi connectivity index (χ3v) is 5.75. The smallest absolute Gasteiger partial charge is 0.409 e. The molecular weight excluding hydrogens is 368 g/mol. The van der Waals surface area contributed by atoms with Crippen molar-refractivity contribution in [3.63, 3.8) is 0 Å². The second-order valence-electron chi connectivity index (χ2n) is 7.83. The van der Waals surface area contributed by atoms with E-state index in [-0.39, 0.29) is 11.8 Å². The minimum atomic E-state index is -0.250. The molecule has 7 nitrogen and oxygen atoms in total. The fraction of sp³-hybridized carbons (Fsp3) is 0.500. The van der Waals surface area contributed by atoms with Gasteiger partial charge in [0.1, 0.15) is 11.6 Å². The number of aryl methyl sites for hydroxylation is 1. The summed E-state index contributed by atoms with van der Waals surface area (Å²) in [5.74, 6) is 2.30. The topological polar surface area (TPSA) is 78.8 Å². The van der Waals surface area contributed by atoms with Gasteiger partial charge in [-0.15, -0.1) is 0 Å². The van der Waals surface area contributed by atoms with E-state index < -0.39 is 0 Å². The summed E-state index contributed by atoms with van der Waals surface area (Å²) in [7, 11) is 0. The van der Waals surface area contributed by atoms with Gasteiger partial charge in [-0.1, -0.05) is 19.1 Å². The van der Waals surface area contributed by atoms with Crippen LogP contribution in [0.1, 0.15) is 31.5 Å². The van der Waals surface area contributed by atoms with Crippen LogP contribution in [0.3, 0.4) is 0 Å². The zero-order valence-electron chi connectivity index (χ0n) is 17.1. The molecule has 0 radical (unpaired) electrons. The van der Waals surface area contributed by atoms with Crippen LogP contribution in [0.4, 0.5) is 10.6 Å². The SMILES string of the molecule is CCOC(=O)N1CCN(c2nc(-c3ccccc3O)nc3c2CC(C)CC3)CC1. The molecule has 0 saturated carbocycles. The number of piperazine rings is 1. The van der Waals surface area contributed by atoms with Crippen molar-refractivity contribution < 1.29 is 14.6 Å². The van der Waals surface area contributed by atoms with Gasteiger partial charge < -0.3 is 19.6 Å². The number of anilines is 1. The molecule has 7 heteroatoms. The van der Waals surface area contributed by atoms with Gasteiger partial charge in [-0.25, -0.2) is 14.8 Å². The molecule has 4 rings (SSSR count). The van der Waals surface area contributed by atoms with E-state index in [0.717, 1.165) is 30.8 Å². The number of hydrogen-bond donors (Lipinski definition) is 1. The summed E-state index contributed by atoms with van der Waals surface area (Å²) in [5, 5.41) is 10.3. The number of hydrogen-bond acceptors (Lipinski definition) is 6. The van der Waals surface area contributed by atoms with E-state index in [9.17, 15) is 9.90 Å². The second kappa shape index (κ2) is 8.27. The average Bonchev–Trinajstić information content (AvgIpc) is 2.74. The number of fused-ring (bicyclic) bond motifs is 1. The van der Waals surface area contributed by atoms with Gasteiger partial charge in [0.05, 0.1) is 12.2 Å². The number of carbonyl (C=O) groups is 1. The third kappa shape index (κ3) is 3.99. The number of phenolic OH excluding ortho intramolecular Hbond substituents is 1. The number of aromatic nitrogens is 2. The maximum atomic E-state index is 12.0. The van der Waals surface area contributed by atoms with E-state index >= 15 is 0 Å². The van der Waals surface area contributed by atoms with E-state index in [1.54, 1.807) is 17.0 Å². The Kier molecular flexibility index (Phi) is 5.56. The van der Waals surface area contributed by atoms with Gasteiger partial charge in [0.2, 0.25) is 0 Å². The predicted molar refractivity (Wildman–Crippen MR) is 111 cm³/mol. The molecule has 1 saturated heterocycles. The van der Waals surface area contributed by atoms with Crippen LogP contribution in [-0.2, 0) is 17.6 Å². The summed E-state index contributed by atoms with van der Waals surface area (Å²) in [6, 6.07) is 7.20. The Hall–Kier alpha value is -2.83. The monoisotopic (exact) mass is 396 g/mol. The molecule has 1 aliphatic carbocycles. The van der Waals surface area contributed by atoms with Crippen LogP contribution in [0, 0.1) is 5.92 Å². The number of amides is 1. The molecule has 2 aromatic rings. The van der Waals surface area contributed by atoms with Crippen molar-refractivity contribution in [1.82, 2.24) is 14.9 Å². The highest BCUT2D eigenvalue weighted by Crippen LogP contribution is 2.35. The number of aromatic hydroxyl groups is 1. The molecular formula is C22H28N4O3. The normalized spacial score (nSPS) is 19.0. The van der Waals surface area contributed by atoms with Crippen molar-refractivity contribution >= 4 is 11.9 Å². The number of phenols is 1. The number of para-hydroxylation sites is 1. The minimum Gasteiger partial charge on any atom is -0.507 e. The van der Waals surface area contributed by atoms with Crippen LogP contribution in [0.5, 0.6) is 5.75 Å². The molecule has 1 unspecified atom stereocenters. The molecule has 1 fully saturated rings. The minimum absolute atomic E-state index is 0.190. The van der Waals surface area contributed by atoms with Gasteiger partial charge in [0, 0.05) is 37.4 Å². The fourth-order valence-corrected chi connectivity index (χ4v) is 4.13. The first-order valence-corrected chi connectivity index (χ1v) is 10.4. The van der Waals surface area contributed by atoms with Gasteiger partial charge in [-0.05, 0) is 44.2 Å². The summed E-state index contributed by atoms with van der Waals surface area (Å²) >= 11 is 0. The van der Waals surface area contributed by atoms with Gasteiger partial charge in [-0.3, -0.25) is 0 Å². The molecule has 2 heterocycles. The second-order valence-corrected chi connectivity index (χ2v) is 7.83. The molecule has 2 aliphatic rings. The van der Waals surface area contributed by atoms with Crippen LogP contribution < -0.4 is 4.90 Å². The lowest BCUT2D eigenvalue weighted by molar-refractivity contribution is 0.105. The Morgan fingerprint density at radius 2 is 1.97 bits per heavy atom. The molecule has 0 spiro atoms. The van der Waals surface area contributed by atoms with Gasteiger partial charge in [-0.2, -0.15) is 0 Å². The Morgan fingerprint density at radius 1 is 1.21 bits per heavy atom. The maximum absolute atomic E-state index is 12.0. The highest BCUT2D eigenvalue weighted by atomic mass is 16.6. The van der Waals surface area contributed by atoms with Crippen LogP contribution >= 0.6 is 0 Å².